The highest BCUT2D eigenvalue weighted by molar-refractivity contribution is 5.55. The Bertz CT molecular complexity index is 405. The molecule has 0 aliphatic carbocycles. The van der Waals surface area contributed by atoms with Crippen molar-refractivity contribution in [3.63, 3.8) is 0 Å². The third kappa shape index (κ3) is 3.28. The Labute approximate surface area is 116 Å². The van der Waals surface area contributed by atoms with E-state index in [0.29, 0.717) is 6.04 Å². The molecule has 0 saturated carbocycles. The van der Waals surface area contributed by atoms with Crippen molar-refractivity contribution in [2.45, 2.75) is 38.8 Å². The summed E-state index contributed by atoms with van der Waals surface area (Å²) < 4.78 is 0. The second kappa shape index (κ2) is 6.40. The third-order valence-corrected chi connectivity index (χ3v) is 4.07. The molecule has 1 aliphatic rings. The zero-order valence-corrected chi connectivity index (χ0v) is 12.3. The maximum absolute atomic E-state index is 9.98. The summed E-state index contributed by atoms with van der Waals surface area (Å²) in [5, 5.41) is 9.98. The number of anilines is 1. The third-order valence-electron chi connectivity index (χ3n) is 4.07. The van der Waals surface area contributed by atoms with Gasteiger partial charge in [-0.05, 0) is 39.4 Å². The Kier molecular flexibility index (Phi) is 4.83. The highest BCUT2D eigenvalue weighted by atomic mass is 16.3. The van der Waals surface area contributed by atoms with Crippen LogP contribution in [-0.4, -0.2) is 42.7 Å². The van der Waals surface area contributed by atoms with Crippen LogP contribution in [0.3, 0.4) is 0 Å². The monoisotopic (exact) mass is 262 g/mol. The predicted molar refractivity (Wildman–Crippen MR) is 80.6 cm³/mol. The molecule has 1 fully saturated rings. The van der Waals surface area contributed by atoms with Crippen molar-refractivity contribution >= 4 is 5.69 Å². The highest BCUT2D eigenvalue weighted by Crippen LogP contribution is 2.29. The molecule has 1 saturated heterocycles. The van der Waals surface area contributed by atoms with Crippen LogP contribution in [-0.2, 0) is 0 Å². The van der Waals surface area contributed by atoms with Crippen molar-refractivity contribution in [1.82, 2.24) is 4.90 Å². The Morgan fingerprint density at radius 1 is 1.32 bits per heavy atom. The van der Waals surface area contributed by atoms with E-state index >= 15 is 0 Å². The van der Waals surface area contributed by atoms with Crippen LogP contribution in [0, 0.1) is 0 Å². The summed E-state index contributed by atoms with van der Waals surface area (Å²) in [6.07, 6.45) is 1.91. The molecule has 2 unspecified atom stereocenters. The molecule has 0 amide bonds. The summed E-state index contributed by atoms with van der Waals surface area (Å²) in [6.45, 7) is 7.44. The summed E-state index contributed by atoms with van der Waals surface area (Å²) in [7, 11) is 2.20. The van der Waals surface area contributed by atoms with Gasteiger partial charge < -0.3 is 14.9 Å². The molecule has 0 spiro atoms. The van der Waals surface area contributed by atoms with Crippen molar-refractivity contribution in [2.75, 3.05) is 31.6 Å². The molecular weight excluding hydrogens is 236 g/mol. The van der Waals surface area contributed by atoms with Crippen LogP contribution in [0.2, 0.25) is 0 Å². The van der Waals surface area contributed by atoms with Gasteiger partial charge in [0.05, 0.1) is 6.10 Å². The van der Waals surface area contributed by atoms with Crippen molar-refractivity contribution in [2.24, 2.45) is 0 Å². The SMILES string of the molecule is CCC1CN(C)CCCN1c1ccccc1C(C)O. The molecule has 2 atom stereocenters. The summed E-state index contributed by atoms with van der Waals surface area (Å²) in [6, 6.07) is 8.81. The topological polar surface area (TPSA) is 26.7 Å². The minimum absolute atomic E-state index is 0.408. The fourth-order valence-electron chi connectivity index (χ4n) is 3.01. The molecule has 2 rings (SSSR count). The van der Waals surface area contributed by atoms with Gasteiger partial charge in [-0.25, -0.2) is 0 Å². The van der Waals surface area contributed by atoms with E-state index in [4.69, 9.17) is 0 Å². The number of aliphatic hydroxyl groups excluding tert-OH is 1. The molecule has 1 aliphatic heterocycles. The molecule has 19 heavy (non-hydrogen) atoms. The number of likely N-dealkylation sites (N-methyl/N-ethyl adjacent to an activating group) is 1. The van der Waals surface area contributed by atoms with Crippen LogP contribution in [0.15, 0.2) is 24.3 Å². The molecule has 1 aromatic carbocycles. The van der Waals surface area contributed by atoms with Gasteiger partial charge in [0.1, 0.15) is 0 Å². The lowest BCUT2D eigenvalue weighted by molar-refractivity contribution is 0.199. The molecule has 0 radical (unpaired) electrons. The lowest BCUT2D eigenvalue weighted by Gasteiger charge is -2.34. The summed E-state index contributed by atoms with van der Waals surface area (Å²) in [4.78, 5) is 4.91. The zero-order valence-electron chi connectivity index (χ0n) is 12.3. The van der Waals surface area contributed by atoms with Gasteiger partial charge in [-0.3, -0.25) is 0 Å². The number of hydrogen-bond donors (Lipinski definition) is 1. The first-order chi connectivity index (χ1) is 9.13. The molecule has 3 nitrogen and oxygen atoms in total. The predicted octanol–water partition coefficient (Wildman–Crippen LogP) is 2.66. The first-order valence-corrected chi connectivity index (χ1v) is 7.35. The van der Waals surface area contributed by atoms with Gasteiger partial charge in [0.2, 0.25) is 0 Å². The van der Waals surface area contributed by atoms with Crippen molar-refractivity contribution < 1.29 is 5.11 Å². The van der Waals surface area contributed by atoms with E-state index in [9.17, 15) is 5.11 Å². The first-order valence-electron chi connectivity index (χ1n) is 7.35. The molecule has 106 valence electrons. The lowest BCUT2D eigenvalue weighted by Crippen LogP contribution is -2.40. The first kappa shape index (κ1) is 14.4. The Hall–Kier alpha value is -1.06. The Morgan fingerprint density at radius 2 is 2.05 bits per heavy atom. The number of aliphatic hydroxyl groups is 1. The van der Waals surface area contributed by atoms with Crippen LogP contribution >= 0.6 is 0 Å². The van der Waals surface area contributed by atoms with Gasteiger partial charge in [0.25, 0.3) is 0 Å². The van der Waals surface area contributed by atoms with E-state index in [1.807, 2.05) is 19.1 Å². The van der Waals surface area contributed by atoms with Crippen molar-refractivity contribution in [1.29, 1.82) is 0 Å². The van der Waals surface area contributed by atoms with Gasteiger partial charge >= 0.3 is 0 Å². The second-order valence-corrected chi connectivity index (χ2v) is 5.61. The normalized spacial score (nSPS) is 23.2. The van der Waals surface area contributed by atoms with Gasteiger partial charge in [0.15, 0.2) is 0 Å². The molecular formula is C16H26N2O. The van der Waals surface area contributed by atoms with E-state index in [1.165, 1.54) is 12.1 Å². The van der Waals surface area contributed by atoms with Gasteiger partial charge in [-0.2, -0.15) is 0 Å². The molecule has 1 N–H and O–H groups in total. The maximum atomic E-state index is 9.98. The van der Waals surface area contributed by atoms with Crippen LogP contribution in [0.1, 0.15) is 38.4 Å². The minimum Gasteiger partial charge on any atom is -0.389 e. The fourth-order valence-corrected chi connectivity index (χ4v) is 3.01. The van der Waals surface area contributed by atoms with Crippen LogP contribution < -0.4 is 4.90 Å². The van der Waals surface area contributed by atoms with Crippen LogP contribution in [0.4, 0.5) is 5.69 Å². The minimum atomic E-state index is -0.408. The largest absolute Gasteiger partial charge is 0.389 e. The fraction of sp³-hybridized carbons (Fsp3) is 0.625. The second-order valence-electron chi connectivity index (χ2n) is 5.61. The smallest absolute Gasteiger partial charge is 0.0781 e. The molecule has 1 heterocycles. The van der Waals surface area contributed by atoms with E-state index in [0.717, 1.165) is 31.6 Å². The molecule has 3 heteroatoms. The highest BCUT2D eigenvalue weighted by Gasteiger charge is 2.24. The Morgan fingerprint density at radius 3 is 2.74 bits per heavy atom. The zero-order chi connectivity index (χ0) is 13.8. The van der Waals surface area contributed by atoms with Gasteiger partial charge in [0, 0.05) is 30.4 Å². The van der Waals surface area contributed by atoms with Crippen molar-refractivity contribution in [3.05, 3.63) is 29.8 Å². The quantitative estimate of drug-likeness (QED) is 0.907. The lowest BCUT2D eigenvalue weighted by atomic mass is 10.0. The number of nitrogens with zero attached hydrogens (tertiary/aromatic N) is 2. The molecule has 1 aromatic rings. The number of para-hydroxylation sites is 1. The van der Waals surface area contributed by atoms with E-state index in [1.54, 1.807) is 0 Å². The standard InChI is InChI=1S/C16H26N2O/c1-4-14-12-17(3)10-7-11-18(14)16-9-6-5-8-15(16)13(2)19/h5-6,8-9,13-14,19H,4,7,10-12H2,1-3H3. The van der Waals surface area contributed by atoms with Gasteiger partial charge in [-0.15, -0.1) is 0 Å². The average Bonchev–Trinajstić information content (AvgIpc) is 2.60. The maximum Gasteiger partial charge on any atom is 0.0781 e. The van der Waals surface area contributed by atoms with Crippen molar-refractivity contribution in [3.8, 4) is 0 Å². The van der Waals surface area contributed by atoms with E-state index in [-0.39, 0.29) is 0 Å². The van der Waals surface area contributed by atoms with Crippen LogP contribution in [0.5, 0.6) is 0 Å². The van der Waals surface area contributed by atoms with Gasteiger partial charge in [-0.1, -0.05) is 25.1 Å². The van der Waals surface area contributed by atoms with Crippen LogP contribution in [0.25, 0.3) is 0 Å². The molecule has 0 bridgehead atoms. The average molecular weight is 262 g/mol. The number of benzene rings is 1. The summed E-state index contributed by atoms with van der Waals surface area (Å²) in [5.74, 6) is 0. The Balaban J connectivity index is 2.32. The molecule has 0 aromatic heterocycles. The number of rotatable bonds is 3. The summed E-state index contributed by atoms with van der Waals surface area (Å²) >= 11 is 0. The number of hydrogen-bond acceptors (Lipinski definition) is 3. The van der Waals surface area contributed by atoms with E-state index < -0.39 is 6.10 Å². The van der Waals surface area contributed by atoms with E-state index in [2.05, 4.69) is 35.9 Å². The summed E-state index contributed by atoms with van der Waals surface area (Å²) in [5.41, 5.74) is 2.25.